The second-order valence-electron chi connectivity index (χ2n) is 6.03. The van der Waals surface area contributed by atoms with Crippen molar-refractivity contribution in [2.45, 2.75) is 37.5 Å². The lowest BCUT2D eigenvalue weighted by molar-refractivity contribution is 0.0698. The number of carbonyl (C=O) groups is 1. The number of aromatic amines is 1. The second kappa shape index (κ2) is 5.47. The molecule has 2 aliphatic rings. The molecule has 1 aliphatic carbocycles. The van der Waals surface area contributed by atoms with Crippen LogP contribution in [0.3, 0.4) is 0 Å². The molecule has 2 aromatic heterocycles. The highest BCUT2D eigenvalue weighted by Crippen LogP contribution is 2.38. The minimum absolute atomic E-state index is 0.0595. The zero-order chi connectivity index (χ0) is 14.9. The first-order valence-corrected chi connectivity index (χ1v) is 7.79. The van der Waals surface area contributed by atoms with Crippen molar-refractivity contribution in [3.05, 3.63) is 35.9 Å². The number of nitrogens with zero attached hydrogens (tertiary/aromatic N) is 5. The van der Waals surface area contributed by atoms with Gasteiger partial charge in [0.15, 0.2) is 5.82 Å². The van der Waals surface area contributed by atoms with Crippen LogP contribution in [-0.2, 0) is 0 Å². The lowest BCUT2D eigenvalue weighted by Crippen LogP contribution is -2.39. The van der Waals surface area contributed by atoms with Gasteiger partial charge in [-0.2, -0.15) is 5.10 Å². The first-order chi connectivity index (χ1) is 10.8. The molecular formula is C15H18N6O. The Kier molecular flexibility index (Phi) is 3.32. The lowest BCUT2D eigenvalue weighted by Gasteiger charge is -2.31. The minimum atomic E-state index is -0.0595. The first kappa shape index (κ1) is 13.4. The minimum Gasteiger partial charge on any atom is -0.337 e. The van der Waals surface area contributed by atoms with Gasteiger partial charge >= 0.3 is 0 Å². The summed E-state index contributed by atoms with van der Waals surface area (Å²) < 4.78 is 0. The van der Waals surface area contributed by atoms with Gasteiger partial charge in [0.05, 0.1) is 6.20 Å². The van der Waals surface area contributed by atoms with Gasteiger partial charge in [0, 0.05) is 37.3 Å². The normalized spacial score (nSPS) is 21.8. The van der Waals surface area contributed by atoms with Crippen LogP contribution in [0.25, 0.3) is 0 Å². The van der Waals surface area contributed by atoms with Crippen molar-refractivity contribution < 1.29 is 4.79 Å². The number of aromatic nitrogens is 5. The van der Waals surface area contributed by atoms with E-state index in [9.17, 15) is 4.79 Å². The molecule has 0 radical (unpaired) electrons. The molecule has 0 aromatic carbocycles. The molecule has 1 atom stereocenters. The summed E-state index contributed by atoms with van der Waals surface area (Å²) in [5.41, 5.74) is 0.400. The third kappa shape index (κ3) is 2.58. The van der Waals surface area contributed by atoms with Crippen LogP contribution in [0.4, 0.5) is 0 Å². The molecule has 1 aliphatic heterocycles. The zero-order valence-corrected chi connectivity index (χ0v) is 12.3. The average molecular weight is 298 g/mol. The fraction of sp³-hybridized carbons (Fsp3) is 0.533. The number of H-pyrrole nitrogens is 1. The van der Waals surface area contributed by atoms with E-state index >= 15 is 0 Å². The zero-order valence-electron chi connectivity index (χ0n) is 12.3. The summed E-state index contributed by atoms with van der Waals surface area (Å²) in [5.74, 6) is 2.57. The van der Waals surface area contributed by atoms with Gasteiger partial charge in [-0.05, 0) is 25.7 Å². The molecule has 2 fully saturated rings. The van der Waals surface area contributed by atoms with Crippen LogP contribution in [0.15, 0.2) is 18.6 Å². The van der Waals surface area contributed by atoms with E-state index in [0.29, 0.717) is 18.2 Å². The van der Waals surface area contributed by atoms with E-state index in [1.165, 1.54) is 19.0 Å². The van der Waals surface area contributed by atoms with E-state index in [0.717, 1.165) is 31.0 Å². The Balaban J connectivity index is 1.48. The molecule has 22 heavy (non-hydrogen) atoms. The maximum atomic E-state index is 12.5. The molecule has 1 unspecified atom stereocenters. The predicted octanol–water partition coefficient (Wildman–Crippen LogP) is 1.49. The second-order valence-corrected chi connectivity index (χ2v) is 6.03. The van der Waals surface area contributed by atoms with Crippen molar-refractivity contribution in [2.75, 3.05) is 13.1 Å². The SMILES string of the molecule is O=C(c1cnccn1)N1CCCC(c2n[nH]c(C3CC3)n2)C1. The number of amides is 1. The van der Waals surface area contributed by atoms with E-state index in [1.807, 2.05) is 4.90 Å². The molecule has 114 valence electrons. The van der Waals surface area contributed by atoms with Gasteiger partial charge in [0.25, 0.3) is 5.91 Å². The molecule has 1 saturated heterocycles. The first-order valence-electron chi connectivity index (χ1n) is 7.79. The van der Waals surface area contributed by atoms with Crippen LogP contribution in [-0.4, -0.2) is 49.0 Å². The Bertz CT molecular complexity index is 666. The molecule has 0 spiro atoms. The molecular weight excluding hydrogens is 280 g/mol. The third-order valence-corrected chi connectivity index (χ3v) is 4.34. The van der Waals surface area contributed by atoms with E-state index in [4.69, 9.17) is 0 Å². The van der Waals surface area contributed by atoms with Gasteiger partial charge < -0.3 is 4.90 Å². The van der Waals surface area contributed by atoms with Gasteiger partial charge in [-0.3, -0.25) is 14.9 Å². The largest absolute Gasteiger partial charge is 0.337 e. The molecule has 7 heteroatoms. The molecule has 0 bridgehead atoms. The van der Waals surface area contributed by atoms with Crippen LogP contribution >= 0.6 is 0 Å². The number of carbonyl (C=O) groups excluding carboxylic acids is 1. The molecule has 2 aromatic rings. The third-order valence-electron chi connectivity index (χ3n) is 4.34. The molecule has 1 N–H and O–H groups in total. The van der Waals surface area contributed by atoms with Crippen LogP contribution in [0.5, 0.6) is 0 Å². The van der Waals surface area contributed by atoms with Gasteiger partial charge in [0.2, 0.25) is 0 Å². The van der Waals surface area contributed by atoms with Crippen LogP contribution in [0, 0.1) is 0 Å². The number of hydrogen-bond donors (Lipinski definition) is 1. The van der Waals surface area contributed by atoms with E-state index in [1.54, 1.807) is 12.4 Å². The van der Waals surface area contributed by atoms with Crippen LogP contribution < -0.4 is 0 Å². The Hall–Kier alpha value is -2.31. The number of nitrogens with one attached hydrogen (secondary N) is 1. The van der Waals surface area contributed by atoms with E-state index in [-0.39, 0.29) is 11.8 Å². The van der Waals surface area contributed by atoms with E-state index < -0.39 is 0 Å². The summed E-state index contributed by atoms with van der Waals surface area (Å²) in [6, 6.07) is 0. The smallest absolute Gasteiger partial charge is 0.274 e. The maximum Gasteiger partial charge on any atom is 0.274 e. The van der Waals surface area contributed by atoms with E-state index in [2.05, 4.69) is 25.1 Å². The Morgan fingerprint density at radius 2 is 2.14 bits per heavy atom. The van der Waals surface area contributed by atoms with Gasteiger partial charge in [-0.15, -0.1) is 0 Å². The molecule has 4 rings (SSSR count). The van der Waals surface area contributed by atoms with Crippen molar-refractivity contribution in [3.8, 4) is 0 Å². The van der Waals surface area contributed by atoms with Crippen molar-refractivity contribution in [1.29, 1.82) is 0 Å². The summed E-state index contributed by atoms with van der Waals surface area (Å²) in [6.07, 6.45) is 9.03. The highest BCUT2D eigenvalue weighted by molar-refractivity contribution is 5.92. The molecule has 1 saturated carbocycles. The van der Waals surface area contributed by atoms with Crippen LogP contribution in [0.1, 0.15) is 59.7 Å². The van der Waals surface area contributed by atoms with Crippen molar-refractivity contribution in [2.24, 2.45) is 0 Å². The fourth-order valence-electron chi connectivity index (χ4n) is 2.95. The lowest BCUT2D eigenvalue weighted by atomic mass is 9.97. The van der Waals surface area contributed by atoms with Crippen molar-refractivity contribution >= 4 is 5.91 Å². The van der Waals surface area contributed by atoms with Crippen molar-refractivity contribution in [1.82, 2.24) is 30.0 Å². The Labute approximate surface area is 128 Å². The van der Waals surface area contributed by atoms with Gasteiger partial charge in [0.1, 0.15) is 11.5 Å². The molecule has 3 heterocycles. The molecule has 7 nitrogen and oxygen atoms in total. The predicted molar refractivity (Wildman–Crippen MR) is 78.3 cm³/mol. The highest BCUT2D eigenvalue weighted by atomic mass is 16.2. The topological polar surface area (TPSA) is 87.7 Å². The summed E-state index contributed by atoms with van der Waals surface area (Å²) in [4.78, 5) is 27.0. The summed E-state index contributed by atoms with van der Waals surface area (Å²) in [7, 11) is 0. The Morgan fingerprint density at radius 3 is 2.91 bits per heavy atom. The maximum absolute atomic E-state index is 12.5. The van der Waals surface area contributed by atoms with Crippen molar-refractivity contribution in [3.63, 3.8) is 0 Å². The monoisotopic (exact) mass is 298 g/mol. The number of rotatable bonds is 3. The summed E-state index contributed by atoms with van der Waals surface area (Å²) in [6.45, 7) is 1.41. The quantitative estimate of drug-likeness (QED) is 0.927. The van der Waals surface area contributed by atoms with Gasteiger partial charge in [-0.1, -0.05) is 0 Å². The number of hydrogen-bond acceptors (Lipinski definition) is 5. The van der Waals surface area contributed by atoms with Gasteiger partial charge in [-0.25, -0.2) is 9.97 Å². The van der Waals surface area contributed by atoms with Crippen LogP contribution in [0.2, 0.25) is 0 Å². The highest BCUT2D eigenvalue weighted by Gasteiger charge is 2.31. The Morgan fingerprint density at radius 1 is 1.23 bits per heavy atom. The number of likely N-dealkylation sites (tertiary alicyclic amines) is 1. The average Bonchev–Trinajstić information content (AvgIpc) is 3.32. The summed E-state index contributed by atoms with van der Waals surface area (Å²) in [5, 5.41) is 7.42. The number of piperidine rings is 1. The standard InChI is InChI=1S/C15H18N6O/c22-15(12-8-16-5-6-17-12)21-7-1-2-11(9-21)14-18-13(19-20-14)10-3-4-10/h5-6,8,10-11H,1-4,7,9H2,(H,18,19,20). The fourth-order valence-corrected chi connectivity index (χ4v) is 2.95. The summed E-state index contributed by atoms with van der Waals surface area (Å²) >= 11 is 0. The molecule has 1 amide bonds.